The molecule has 1 saturated heterocycles. The van der Waals surface area contributed by atoms with Crippen molar-refractivity contribution in [3.8, 4) is 11.5 Å². The molecule has 0 unspecified atom stereocenters. The molecule has 1 heterocycles. The third-order valence-corrected chi connectivity index (χ3v) is 3.54. The Bertz CT molecular complexity index is 390. The maximum absolute atomic E-state index is 5.79. The number of ether oxygens (including phenoxy) is 2. The fourth-order valence-corrected chi connectivity index (χ4v) is 2.43. The third kappa shape index (κ3) is 4.11. The van der Waals surface area contributed by atoms with Crippen molar-refractivity contribution < 1.29 is 9.47 Å². The van der Waals surface area contributed by atoms with Gasteiger partial charge in [-0.05, 0) is 50.0 Å². The summed E-state index contributed by atoms with van der Waals surface area (Å²) in [5.41, 5.74) is 6.67. The van der Waals surface area contributed by atoms with Gasteiger partial charge in [-0.1, -0.05) is 6.07 Å². The first kappa shape index (κ1) is 14.2. The van der Waals surface area contributed by atoms with Gasteiger partial charge in [-0.3, -0.25) is 0 Å². The number of nitrogens with zero attached hydrogens (tertiary/aromatic N) is 1. The van der Waals surface area contributed by atoms with Crippen molar-refractivity contribution in [3.05, 3.63) is 23.8 Å². The number of benzene rings is 1. The Hall–Kier alpha value is -1.26. The number of methoxy groups -OCH3 is 1. The van der Waals surface area contributed by atoms with E-state index in [9.17, 15) is 0 Å². The molecule has 1 fully saturated rings. The number of hydrogen-bond donors (Lipinski definition) is 1. The van der Waals surface area contributed by atoms with Gasteiger partial charge < -0.3 is 20.1 Å². The molecule has 106 valence electrons. The van der Waals surface area contributed by atoms with Crippen LogP contribution in [0.2, 0.25) is 0 Å². The smallest absolute Gasteiger partial charge is 0.161 e. The van der Waals surface area contributed by atoms with E-state index in [-0.39, 0.29) is 0 Å². The summed E-state index contributed by atoms with van der Waals surface area (Å²) >= 11 is 0. The average molecular weight is 264 g/mol. The highest BCUT2D eigenvalue weighted by atomic mass is 16.5. The summed E-state index contributed by atoms with van der Waals surface area (Å²) in [4.78, 5) is 2.50. The van der Waals surface area contributed by atoms with Crippen molar-refractivity contribution in [2.24, 2.45) is 5.73 Å². The lowest BCUT2D eigenvalue weighted by Gasteiger charge is -2.15. The summed E-state index contributed by atoms with van der Waals surface area (Å²) in [6.07, 6.45) is 3.74. The molecule has 0 spiro atoms. The molecule has 0 atom stereocenters. The molecule has 1 aliphatic heterocycles. The van der Waals surface area contributed by atoms with Gasteiger partial charge in [0.2, 0.25) is 0 Å². The Kier molecular flexibility index (Phi) is 5.48. The van der Waals surface area contributed by atoms with Crippen molar-refractivity contribution in [2.75, 3.05) is 33.4 Å². The first-order chi connectivity index (χ1) is 9.33. The van der Waals surface area contributed by atoms with Crippen LogP contribution in [0.3, 0.4) is 0 Å². The van der Waals surface area contributed by atoms with E-state index in [2.05, 4.69) is 4.90 Å². The van der Waals surface area contributed by atoms with Crippen LogP contribution < -0.4 is 15.2 Å². The Morgan fingerprint density at radius 3 is 2.68 bits per heavy atom. The van der Waals surface area contributed by atoms with E-state index in [1.165, 1.54) is 25.9 Å². The number of nitrogens with two attached hydrogens (primary N) is 1. The molecule has 1 aliphatic rings. The minimum atomic E-state index is 0.519. The second kappa shape index (κ2) is 7.36. The molecule has 1 aromatic rings. The van der Waals surface area contributed by atoms with Crippen molar-refractivity contribution in [1.82, 2.24) is 4.90 Å². The fraction of sp³-hybridized carbons (Fsp3) is 0.600. The molecule has 4 nitrogen and oxygen atoms in total. The molecule has 0 aromatic heterocycles. The highest BCUT2D eigenvalue weighted by Gasteiger charge is 2.11. The zero-order chi connectivity index (χ0) is 13.5. The van der Waals surface area contributed by atoms with Crippen LogP contribution in [0.1, 0.15) is 24.8 Å². The zero-order valence-electron chi connectivity index (χ0n) is 11.7. The summed E-state index contributed by atoms with van der Waals surface area (Å²) in [7, 11) is 1.66. The van der Waals surface area contributed by atoms with E-state index in [1.54, 1.807) is 7.11 Å². The third-order valence-electron chi connectivity index (χ3n) is 3.54. The molecule has 2 N–H and O–H groups in total. The molecule has 0 bridgehead atoms. The van der Waals surface area contributed by atoms with Gasteiger partial charge in [0.1, 0.15) is 0 Å². The van der Waals surface area contributed by atoms with Gasteiger partial charge in [-0.25, -0.2) is 0 Å². The van der Waals surface area contributed by atoms with Crippen molar-refractivity contribution >= 4 is 0 Å². The van der Waals surface area contributed by atoms with Crippen LogP contribution in [-0.4, -0.2) is 38.3 Å². The lowest BCUT2D eigenvalue weighted by molar-refractivity contribution is 0.254. The largest absolute Gasteiger partial charge is 0.493 e. The minimum Gasteiger partial charge on any atom is -0.493 e. The summed E-state index contributed by atoms with van der Waals surface area (Å²) in [5, 5.41) is 0. The van der Waals surface area contributed by atoms with Gasteiger partial charge in [-0.15, -0.1) is 0 Å². The summed E-state index contributed by atoms with van der Waals surface area (Å²) in [6.45, 7) is 4.87. The van der Waals surface area contributed by atoms with Crippen LogP contribution in [0.4, 0.5) is 0 Å². The van der Waals surface area contributed by atoms with Gasteiger partial charge in [0.05, 0.1) is 13.7 Å². The monoisotopic (exact) mass is 264 g/mol. The lowest BCUT2D eigenvalue weighted by atomic mass is 10.2. The van der Waals surface area contributed by atoms with Crippen LogP contribution in [0.25, 0.3) is 0 Å². The SMILES string of the molecule is COc1cc(CN)ccc1OCCCN1CCCC1. The lowest BCUT2D eigenvalue weighted by Crippen LogP contribution is -2.21. The molecule has 1 aromatic carbocycles. The highest BCUT2D eigenvalue weighted by molar-refractivity contribution is 5.42. The van der Waals surface area contributed by atoms with Gasteiger partial charge in [-0.2, -0.15) is 0 Å². The van der Waals surface area contributed by atoms with E-state index in [0.29, 0.717) is 6.54 Å². The number of hydrogen-bond acceptors (Lipinski definition) is 4. The topological polar surface area (TPSA) is 47.7 Å². The Morgan fingerprint density at radius 2 is 2.00 bits per heavy atom. The number of likely N-dealkylation sites (tertiary alicyclic amines) is 1. The molecule has 0 amide bonds. The first-order valence-corrected chi connectivity index (χ1v) is 7.05. The van der Waals surface area contributed by atoms with Crippen LogP contribution >= 0.6 is 0 Å². The molecule has 2 rings (SSSR count). The summed E-state index contributed by atoms with van der Waals surface area (Å²) in [5.74, 6) is 1.57. The van der Waals surface area contributed by atoms with Gasteiger partial charge in [0.25, 0.3) is 0 Å². The van der Waals surface area contributed by atoms with Crippen LogP contribution in [0, 0.1) is 0 Å². The predicted molar refractivity (Wildman–Crippen MR) is 76.7 cm³/mol. The minimum absolute atomic E-state index is 0.519. The molecular formula is C15H24N2O2. The van der Waals surface area contributed by atoms with Crippen molar-refractivity contribution in [3.63, 3.8) is 0 Å². The van der Waals surface area contributed by atoms with Crippen LogP contribution in [0.15, 0.2) is 18.2 Å². The Balaban J connectivity index is 1.78. The van der Waals surface area contributed by atoms with Crippen LogP contribution in [-0.2, 0) is 6.54 Å². The summed E-state index contributed by atoms with van der Waals surface area (Å²) < 4.78 is 11.1. The molecule has 0 saturated carbocycles. The van der Waals surface area contributed by atoms with Gasteiger partial charge in [0, 0.05) is 13.1 Å². The normalized spacial score (nSPS) is 15.7. The van der Waals surface area contributed by atoms with Crippen LogP contribution in [0.5, 0.6) is 11.5 Å². The van der Waals surface area contributed by atoms with Crippen molar-refractivity contribution in [1.29, 1.82) is 0 Å². The second-order valence-electron chi connectivity index (χ2n) is 4.94. The van der Waals surface area contributed by atoms with E-state index in [0.717, 1.165) is 36.6 Å². The highest BCUT2D eigenvalue weighted by Crippen LogP contribution is 2.28. The standard InChI is InChI=1S/C15H24N2O2/c1-18-15-11-13(12-16)5-6-14(15)19-10-4-9-17-7-2-3-8-17/h5-6,11H,2-4,7-10,12,16H2,1H3. The molecule has 0 aliphatic carbocycles. The fourth-order valence-electron chi connectivity index (χ4n) is 2.43. The number of rotatable bonds is 7. The van der Waals surface area contributed by atoms with E-state index >= 15 is 0 Å². The van der Waals surface area contributed by atoms with Gasteiger partial charge >= 0.3 is 0 Å². The average Bonchev–Trinajstić information content (AvgIpc) is 2.96. The van der Waals surface area contributed by atoms with E-state index < -0.39 is 0 Å². The quantitative estimate of drug-likeness (QED) is 0.765. The maximum Gasteiger partial charge on any atom is 0.161 e. The first-order valence-electron chi connectivity index (χ1n) is 7.05. The predicted octanol–water partition coefficient (Wildman–Crippen LogP) is 2.02. The second-order valence-corrected chi connectivity index (χ2v) is 4.94. The van der Waals surface area contributed by atoms with E-state index in [4.69, 9.17) is 15.2 Å². The Morgan fingerprint density at radius 1 is 1.21 bits per heavy atom. The summed E-state index contributed by atoms with van der Waals surface area (Å²) in [6, 6.07) is 5.87. The zero-order valence-corrected chi connectivity index (χ0v) is 11.7. The molecular weight excluding hydrogens is 240 g/mol. The van der Waals surface area contributed by atoms with Crippen molar-refractivity contribution in [2.45, 2.75) is 25.8 Å². The van der Waals surface area contributed by atoms with Gasteiger partial charge in [0.15, 0.2) is 11.5 Å². The Labute approximate surface area is 115 Å². The molecule has 0 radical (unpaired) electrons. The maximum atomic E-state index is 5.79. The molecule has 19 heavy (non-hydrogen) atoms. The van der Waals surface area contributed by atoms with E-state index in [1.807, 2.05) is 18.2 Å². The molecule has 4 heteroatoms.